The zero-order valence-electron chi connectivity index (χ0n) is 11.7. The standard InChI is InChI=1S/C16H17N3OS/c1-12(13-7-3-2-4-8-13)19(16(17)21)18-11-14-9-5-6-10-15(14)20/h2-12,20H,1H3,(H2,17,21)/b18-11+. The SMILES string of the molecule is CC(c1ccccc1)N(/N=C/c1ccccc1O)C(N)=S. The van der Waals surface area contributed by atoms with Crippen molar-refractivity contribution in [2.75, 3.05) is 0 Å². The van der Waals surface area contributed by atoms with Gasteiger partial charge in [0.15, 0.2) is 5.11 Å². The highest BCUT2D eigenvalue weighted by molar-refractivity contribution is 7.80. The molecule has 4 nitrogen and oxygen atoms in total. The first kappa shape index (κ1) is 15.0. The number of hydrogen-bond acceptors (Lipinski definition) is 3. The van der Waals surface area contributed by atoms with E-state index in [4.69, 9.17) is 18.0 Å². The fourth-order valence-electron chi connectivity index (χ4n) is 1.94. The average molecular weight is 299 g/mol. The van der Waals surface area contributed by atoms with Gasteiger partial charge in [0.05, 0.1) is 12.3 Å². The maximum atomic E-state index is 9.74. The van der Waals surface area contributed by atoms with Crippen LogP contribution in [0.1, 0.15) is 24.1 Å². The van der Waals surface area contributed by atoms with Gasteiger partial charge in [-0.15, -0.1) is 0 Å². The number of rotatable bonds is 4. The van der Waals surface area contributed by atoms with Crippen molar-refractivity contribution >= 4 is 23.5 Å². The molecule has 0 aliphatic rings. The summed E-state index contributed by atoms with van der Waals surface area (Å²) in [6.45, 7) is 1.97. The van der Waals surface area contributed by atoms with Crippen molar-refractivity contribution in [2.24, 2.45) is 10.8 Å². The normalized spacial score (nSPS) is 12.2. The first-order valence-corrected chi connectivity index (χ1v) is 6.96. The number of aromatic hydroxyl groups is 1. The van der Waals surface area contributed by atoms with E-state index in [1.165, 1.54) is 0 Å². The topological polar surface area (TPSA) is 61.8 Å². The van der Waals surface area contributed by atoms with Crippen LogP contribution in [0, 0.1) is 0 Å². The van der Waals surface area contributed by atoms with Crippen LogP contribution in [0.5, 0.6) is 5.75 Å². The molecule has 0 aliphatic heterocycles. The van der Waals surface area contributed by atoms with Crippen LogP contribution in [0.4, 0.5) is 0 Å². The van der Waals surface area contributed by atoms with Crippen molar-refractivity contribution < 1.29 is 5.11 Å². The molecule has 1 atom stereocenters. The summed E-state index contributed by atoms with van der Waals surface area (Å²) in [6.07, 6.45) is 1.55. The number of nitrogens with zero attached hydrogens (tertiary/aromatic N) is 2. The van der Waals surface area contributed by atoms with E-state index in [2.05, 4.69) is 5.10 Å². The predicted octanol–water partition coefficient (Wildman–Crippen LogP) is 3.03. The molecule has 0 aliphatic carbocycles. The van der Waals surface area contributed by atoms with Crippen LogP contribution in [-0.2, 0) is 0 Å². The number of phenols is 1. The van der Waals surface area contributed by atoms with Gasteiger partial charge in [-0.25, -0.2) is 5.01 Å². The van der Waals surface area contributed by atoms with Crippen LogP contribution >= 0.6 is 12.2 Å². The molecule has 0 aromatic heterocycles. The minimum absolute atomic E-state index is 0.0918. The van der Waals surface area contributed by atoms with E-state index in [1.807, 2.05) is 43.3 Å². The van der Waals surface area contributed by atoms with E-state index in [0.717, 1.165) is 5.56 Å². The Hall–Kier alpha value is -2.40. The lowest BCUT2D eigenvalue weighted by Gasteiger charge is -2.24. The first-order valence-electron chi connectivity index (χ1n) is 6.55. The van der Waals surface area contributed by atoms with Gasteiger partial charge in [0.25, 0.3) is 0 Å². The highest BCUT2D eigenvalue weighted by Gasteiger charge is 2.15. The molecular formula is C16H17N3OS. The molecule has 0 saturated heterocycles. The quantitative estimate of drug-likeness (QED) is 0.517. The Kier molecular flexibility index (Phi) is 4.90. The van der Waals surface area contributed by atoms with Gasteiger partial charge in [0.1, 0.15) is 5.75 Å². The zero-order valence-corrected chi connectivity index (χ0v) is 12.5. The number of nitrogens with two attached hydrogens (primary N) is 1. The van der Waals surface area contributed by atoms with Crippen molar-refractivity contribution in [2.45, 2.75) is 13.0 Å². The van der Waals surface area contributed by atoms with Crippen molar-refractivity contribution in [1.82, 2.24) is 5.01 Å². The third-order valence-corrected chi connectivity index (χ3v) is 3.32. The second-order valence-corrected chi connectivity index (χ2v) is 4.99. The van der Waals surface area contributed by atoms with Crippen LogP contribution in [0.2, 0.25) is 0 Å². The smallest absolute Gasteiger partial charge is 0.187 e. The van der Waals surface area contributed by atoms with Gasteiger partial charge in [0, 0.05) is 5.56 Å². The summed E-state index contributed by atoms with van der Waals surface area (Å²) in [5.74, 6) is 0.163. The van der Waals surface area contributed by atoms with Gasteiger partial charge >= 0.3 is 0 Å². The fraction of sp³-hybridized carbons (Fsp3) is 0.125. The second kappa shape index (κ2) is 6.85. The summed E-state index contributed by atoms with van der Waals surface area (Å²) in [6, 6.07) is 16.7. The average Bonchev–Trinajstić information content (AvgIpc) is 2.49. The molecule has 3 N–H and O–H groups in total. The Balaban J connectivity index is 2.24. The van der Waals surface area contributed by atoms with Gasteiger partial charge in [-0.05, 0) is 36.8 Å². The van der Waals surface area contributed by atoms with E-state index in [9.17, 15) is 5.11 Å². The van der Waals surface area contributed by atoms with Gasteiger partial charge < -0.3 is 10.8 Å². The number of phenolic OH excluding ortho intramolecular Hbond substituents is 1. The molecule has 2 aromatic carbocycles. The third kappa shape index (κ3) is 3.79. The predicted molar refractivity (Wildman–Crippen MR) is 89.2 cm³/mol. The van der Waals surface area contributed by atoms with Gasteiger partial charge in [-0.2, -0.15) is 5.10 Å². The van der Waals surface area contributed by atoms with Gasteiger partial charge in [-0.3, -0.25) is 0 Å². The molecule has 0 spiro atoms. The summed E-state index contributed by atoms with van der Waals surface area (Å²) in [5, 5.41) is 15.8. The molecule has 1 unspecified atom stereocenters. The van der Waals surface area contributed by atoms with Crippen molar-refractivity contribution in [3.63, 3.8) is 0 Å². The number of para-hydroxylation sites is 1. The van der Waals surface area contributed by atoms with E-state index in [-0.39, 0.29) is 16.9 Å². The van der Waals surface area contributed by atoms with Crippen LogP contribution in [0.3, 0.4) is 0 Å². The molecule has 108 valence electrons. The summed E-state index contributed by atoms with van der Waals surface area (Å²) >= 11 is 5.07. The number of hydrogen-bond donors (Lipinski definition) is 2. The van der Waals surface area contributed by atoms with E-state index in [0.29, 0.717) is 5.56 Å². The Bertz CT molecular complexity index is 643. The van der Waals surface area contributed by atoms with Gasteiger partial charge in [-0.1, -0.05) is 42.5 Å². The van der Waals surface area contributed by atoms with Crippen molar-refractivity contribution in [3.05, 3.63) is 65.7 Å². The number of benzene rings is 2. The number of thiocarbonyl (C=S) groups is 1. The molecule has 0 saturated carbocycles. The van der Waals surface area contributed by atoms with Crippen LogP contribution in [0.25, 0.3) is 0 Å². The minimum Gasteiger partial charge on any atom is -0.507 e. The number of hydrazone groups is 1. The highest BCUT2D eigenvalue weighted by Crippen LogP contribution is 2.20. The lowest BCUT2D eigenvalue weighted by atomic mass is 10.1. The Labute approximate surface area is 129 Å². The van der Waals surface area contributed by atoms with Crippen molar-refractivity contribution in [1.29, 1.82) is 0 Å². The minimum atomic E-state index is -0.0918. The fourth-order valence-corrected chi connectivity index (χ4v) is 2.15. The molecule has 21 heavy (non-hydrogen) atoms. The van der Waals surface area contributed by atoms with Crippen LogP contribution in [0.15, 0.2) is 59.7 Å². The zero-order chi connectivity index (χ0) is 15.2. The molecule has 0 radical (unpaired) electrons. The van der Waals surface area contributed by atoms with E-state index in [1.54, 1.807) is 29.4 Å². The largest absolute Gasteiger partial charge is 0.507 e. The molecule has 5 heteroatoms. The van der Waals surface area contributed by atoms with E-state index >= 15 is 0 Å². The van der Waals surface area contributed by atoms with Crippen LogP contribution < -0.4 is 5.73 Å². The Morgan fingerprint density at radius 1 is 1.19 bits per heavy atom. The highest BCUT2D eigenvalue weighted by atomic mass is 32.1. The monoisotopic (exact) mass is 299 g/mol. The van der Waals surface area contributed by atoms with E-state index < -0.39 is 0 Å². The summed E-state index contributed by atoms with van der Waals surface area (Å²) in [5.41, 5.74) is 7.42. The first-order chi connectivity index (χ1) is 10.1. The van der Waals surface area contributed by atoms with Crippen molar-refractivity contribution in [3.8, 4) is 5.75 Å². The molecule has 0 bridgehead atoms. The molecule has 2 rings (SSSR count). The molecule has 0 amide bonds. The van der Waals surface area contributed by atoms with Gasteiger partial charge in [0.2, 0.25) is 0 Å². The molecule has 0 heterocycles. The lowest BCUT2D eigenvalue weighted by molar-refractivity contribution is 0.358. The third-order valence-electron chi connectivity index (χ3n) is 3.13. The molecular weight excluding hydrogens is 282 g/mol. The molecule has 0 fully saturated rings. The lowest BCUT2D eigenvalue weighted by Crippen LogP contribution is -2.33. The molecule has 2 aromatic rings. The second-order valence-electron chi connectivity index (χ2n) is 4.57. The maximum absolute atomic E-state index is 9.74. The van der Waals surface area contributed by atoms with Crippen LogP contribution in [-0.4, -0.2) is 21.4 Å². The summed E-state index contributed by atoms with van der Waals surface area (Å²) < 4.78 is 0. The Morgan fingerprint density at radius 2 is 1.81 bits per heavy atom. The Morgan fingerprint density at radius 3 is 2.43 bits per heavy atom. The summed E-state index contributed by atoms with van der Waals surface area (Å²) in [7, 11) is 0. The maximum Gasteiger partial charge on any atom is 0.187 e. The summed E-state index contributed by atoms with van der Waals surface area (Å²) in [4.78, 5) is 0.